The van der Waals surface area contributed by atoms with Gasteiger partial charge in [-0.15, -0.1) is 24.0 Å². The van der Waals surface area contributed by atoms with Gasteiger partial charge in [0, 0.05) is 26.7 Å². The average Bonchev–Trinajstić information content (AvgIpc) is 2.50. The van der Waals surface area contributed by atoms with E-state index in [2.05, 4.69) is 34.3 Å². The molecule has 22 heavy (non-hydrogen) atoms. The van der Waals surface area contributed by atoms with Crippen molar-refractivity contribution < 1.29 is 4.74 Å². The molecule has 1 N–H and O–H groups in total. The lowest BCUT2D eigenvalue weighted by molar-refractivity contribution is 0.273. The molecule has 1 fully saturated rings. The summed E-state index contributed by atoms with van der Waals surface area (Å²) in [6.07, 6.45) is 2.50. The Kier molecular flexibility index (Phi) is 8.60. The minimum atomic E-state index is 0. The highest BCUT2D eigenvalue weighted by Gasteiger charge is 2.18. The topological polar surface area (TPSA) is 36.9 Å². The average molecular weight is 417 g/mol. The van der Waals surface area contributed by atoms with Crippen molar-refractivity contribution in [3.05, 3.63) is 29.8 Å². The second kappa shape index (κ2) is 9.92. The van der Waals surface area contributed by atoms with E-state index in [0.29, 0.717) is 6.61 Å². The number of nitrogens with zero attached hydrogens (tertiary/aromatic N) is 2. The van der Waals surface area contributed by atoms with Crippen LogP contribution < -0.4 is 10.1 Å². The van der Waals surface area contributed by atoms with Gasteiger partial charge in [-0.05, 0) is 43.4 Å². The van der Waals surface area contributed by atoms with Crippen molar-refractivity contribution in [3.8, 4) is 5.75 Å². The van der Waals surface area contributed by atoms with E-state index in [1.165, 1.54) is 18.4 Å². The van der Waals surface area contributed by atoms with Gasteiger partial charge in [0.15, 0.2) is 5.96 Å². The third-order valence-corrected chi connectivity index (χ3v) is 3.96. The zero-order valence-electron chi connectivity index (χ0n) is 13.8. The van der Waals surface area contributed by atoms with Crippen molar-refractivity contribution >= 4 is 29.9 Å². The zero-order chi connectivity index (χ0) is 15.1. The largest absolute Gasteiger partial charge is 0.494 e. The Hall–Kier alpha value is -0.980. The third kappa shape index (κ3) is 5.66. The second-order valence-corrected chi connectivity index (χ2v) is 5.65. The number of piperidine rings is 1. The van der Waals surface area contributed by atoms with E-state index in [9.17, 15) is 0 Å². The molecule has 0 atom stereocenters. The Morgan fingerprint density at radius 3 is 2.73 bits per heavy atom. The van der Waals surface area contributed by atoms with Crippen LogP contribution >= 0.6 is 24.0 Å². The van der Waals surface area contributed by atoms with E-state index < -0.39 is 0 Å². The molecule has 2 rings (SSSR count). The van der Waals surface area contributed by atoms with Gasteiger partial charge < -0.3 is 15.0 Å². The highest BCUT2D eigenvalue weighted by molar-refractivity contribution is 14.0. The standard InChI is InChI=1S/C17H27N3O.HI/c1-4-21-16-7-5-6-15(12-16)13-19-17(18-3)20-10-8-14(2)9-11-20;/h5-7,12,14H,4,8-11,13H2,1-3H3,(H,18,19);1H. The lowest BCUT2D eigenvalue weighted by atomic mass is 10.00. The first-order valence-corrected chi connectivity index (χ1v) is 7.90. The molecule has 1 aromatic carbocycles. The van der Waals surface area contributed by atoms with Gasteiger partial charge in [-0.2, -0.15) is 0 Å². The van der Waals surface area contributed by atoms with Crippen molar-refractivity contribution in [2.24, 2.45) is 10.9 Å². The number of rotatable bonds is 4. The molecule has 124 valence electrons. The molecule has 1 saturated heterocycles. The normalized spacial score (nSPS) is 16.1. The van der Waals surface area contributed by atoms with Crippen molar-refractivity contribution in [2.45, 2.75) is 33.2 Å². The molecule has 5 heteroatoms. The number of aliphatic imine (C=N–C) groups is 1. The van der Waals surface area contributed by atoms with Crippen LogP contribution in [0.1, 0.15) is 32.3 Å². The molecule has 0 spiro atoms. The number of likely N-dealkylation sites (tertiary alicyclic amines) is 1. The summed E-state index contributed by atoms with van der Waals surface area (Å²) in [6.45, 7) is 8.00. The quantitative estimate of drug-likeness (QED) is 0.463. The second-order valence-electron chi connectivity index (χ2n) is 5.65. The number of hydrogen-bond acceptors (Lipinski definition) is 2. The van der Waals surface area contributed by atoms with Crippen LogP contribution in [-0.2, 0) is 6.54 Å². The fourth-order valence-electron chi connectivity index (χ4n) is 2.65. The van der Waals surface area contributed by atoms with E-state index in [1.807, 2.05) is 26.1 Å². The maximum absolute atomic E-state index is 5.54. The molecule has 1 aliphatic heterocycles. The number of halogens is 1. The van der Waals surface area contributed by atoms with Gasteiger partial charge in [-0.1, -0.05) is 19.1 Å². The van der Waals surface area contributed by atoms with Gasteiger partial charge in [0.05, 0.1) is 6.61 Å². The number of ether oxygens (including phenoxy) is 1. The van der Waals surface area contributed by atoms with Gasteiger partial charge >= 0.3 is 0 Å². The first-order chi connectivity index (χ1) is 10.2. The van der Waals surface area contributed by atoms with Crippen LogP contribution in [-0.4, -0.2) is 37.6 Å². The van der Waals surface area contributed by atoms with Crippen molar-refractivity contribution in [3.63, 3.8) is 0 Å². The van der Waals surface area contributed by atoms with Gasteiger partial charge in [0.1, 0.15) is 5.75 Å². The van der Waals surface area contributed by atoms with Crippen LogP contribution in [0.4, 0.5) is 0 Å². The van der Waals surface area contributed by atoms with Crippen LogP contribution in [0.5, 0.6) is 5.75 Å². The molecule has 0 unspecified atom stereocenters. The monoisotopic (exact) mass is 417 g/mol. The Morgan fingerprint density at radius 2 is 2.09 bits per heavy atom. The lowest BCUT2D eigenvalue weighted by Crippen LogP contribution is -2.45. The molecule has 0 amide bonds. The summed E-state index contributed by atoms with van der Waals surface area (Å²) in [4.78, 5) is 6.76. The zero-order valence-corrected chi connectivity index (χ0v) is 16.2. The molecule has 0 radical (unpaired) electrons. The fraction of sp³-hybridized carbons (Fsp3) is 0.588. The third-order valence-electron chi connectivity index (χ3n) is 3.96. The fourth-order valence-corrected chi connectivity index (χ4v) is 2.65. The first kappa shape index (κ1) is 19.1. The van der Waals surface area contributed by atoms with E-state index in [0.717, 1.165) is 37.3 Å². The van der Waals surface area contributed by atoms with Crippen molar-refractivity contribution in [1.82, 2.24) is 10.2 Å². The summed E-state index contributed by atoms with van der Waals surface area (Å²) in [5.41, 5.74) is 1.22. The molecule has 0 aromatic heterocycles. The Morgan fingerprint density at radius 1 is 1.36 bits per heavy atom. The highest BCUT2D eigenvalue weighted by Crippen LogP contribution is 2.16. The number of nitrogens with one attached hydrogen (secondary N) is 1. The summed E-state index contributed by atoms with van der Waals surface area (Å²) in [6, 6.07) is 8.23. The summed E-state index contributed by atoms with van der Waals surface area (Å²) < 4.78 is 5.54. The van der Waals surface area contributed by atoms with Crippen molar-refractivity contribution in [2.75, 3.05) is 26.7 Å². The first-order valence-electron chi connectivity index (χ1n) is 7.90. The van der Waals surface area contributed by atoms with Crippen LogP contribution in [0.2, 0.25) is 0 Å². The van der Waals surface area contributed by atoms with Gasteiger partial charge in [-0.25, -0.2) is 0 Å². The van der Waals surface area contributed by atoms with E-state index in [1.54, 1.807) is 0 Å². The number of guanidine groups is 1. The van der Waals surface area contributed by atoms with Gasteiger partial charge in [0.2, 0.25) is 0 Å². The summed E-state index contributed by atoms with van der Waals surface area (Å²) in [5.74, 6) is 2.77. The van der Waals surface area contributed by atoms with Crippen LogP contribution in [0.3, 0.4) is 0 Å². The van der Waals surface area contributed by atoms with Crippen LogP contribution in [0.25, 0.3) is 0 Å². The molecule has 0 bridgehead atoms. The Labute approximate surface area is 151 Å². The molecular weight excluding hydrogens is 389 g/mol. The summed E-state index contributed by atoms with van der Waals surface area (Å²) in [7, 11) is 1.86. The van der Waals surface area contributed by atoms with Crippen LogP contribution in [0, 0.1) is 5.92 Å². The molecule has 1 heterocycles. The summed E-state index contributed by atoms with van der Waals surface area (Å²) >= 11 is 0. The lowest BCUT2D eigenvalue weighted by Gasteiger charge is -2.32. The van der Waals surface area contributed by atoms with Crippen LogP contribution in [0.15, 0.2) is 29.3 Å². The van der Waals surface area contributed by atoms with Gasteiger partial charge in [0.25, 0.3) is 0 Å². The molecule has 0 saturated carbocycles. The number of hydrogen-bond donors (Lipinski definition) is 1. The van der Waals surface area contributed by atoms with E-state index in [-0.39, 0.29) is 24.0 Å². The molecule has 0 aliphatic carbocycles. The molecular formula is C17H28IN3O. The SMILES string of the molecule is CCOc1cccc(CNC(=NC)N2CCC(C)CC2)c1.I. The van der Waals surface area contributed by atoms with Crippen molar-refractivity contribution in [1.29, 1.82) is 0 Å². The minimum Gasteiger partial charge on any atom is -0.494 e. The maximum Gasteiger partial charge on any atom is 0.193 e. The minimum absolute atomic E-state index is 0. The highest BCUT2D eigenvalue weighted by atomic mass is 127. The molecule has 4 nitrogen and oxygen atoms in total. The predicted molar refractivity (Wildman–Crippen MR) is 103 cm³/mol. The smallest absolute Gasteiger partial charge is 0.193 e. The predicted octanol–water partition coefficient (Wildman–Crippen LogP) is 3.51. The Balaban J connectivity index is 0.00000242. The van der Waals surface area contributed by atoms with Gasteiger partial charge in [-0.3, -0.25) is 4.99 Å². The number of benzene rings is 1. The van der Waals surface area contributed by atoms with E-state index in [4.69, 9.17) is 4.74 Å². The summed E-state index contributed by atoms with van der Waals surface area (Å²) in [5, 5.41) is 3.46. The Bertz CT molecular complexity index is 471. The molecule has 1 aliphatic rings. The van der Waals surface area contributed by atoms with E-state index >= 15 is 0 Å². The molecule has 1 aromatic rings. The maximum atomic E-state index is 5.54.